The first kappa shape index (κ1) is 25.7. The Hall–Kier alpha value is -4.38. The molecule has 0 radical (unpaired) electrons. The van der Waals surface area contributed by atoms with Gasteiger partial charge in [0.05, 0.1) is 17.3 Å². The fourth-order valence-electron chi connectivity index (χ4n) is 4.23. The predicted octanol–water partition coefficient (Wildman–Crippen LogP) is 7.34. The highest BCUT2D eigenvalue weighted by Crippen LogP contribution is 2.32. The monoisotopic (exact) mass is 502 g/mol. The summed E-state index contributed by atoms with van der Waals surface area (Å²) in [7, 11) is 0. The fraction of sp³-hybridized carbons (Fsp3) is 0.207. The van der Waals surface area contributed by atoms with Crippen molar-refractivity contribution in [2.24, 2.45) is 0 Å². The summed E-state index contributed by atoms with van der Waals surface area (Å²) in [6.45, 7) is 2.13. The molecule has 5 nitrogen and oxygen atoms in total. The first-order valence-electron chi connectivity index (χ1n) is 11.9. The highest BCUT2D eigenvalue weighted by molar-refractivity contribution is 6.03. The Kier molecular flexibility index (Phi) is 7.73. The number of nitrogens with zero attached hydrogens (tertiary/aromatic N) is 3. The Morgan fingerprint density at radius 3 is 2.43 bits per heavy atom. The molecule has 4 rings (SSSR count). The van der Waals surface area contributed by atoms with Gasteiger partial charge in [-0.1, -0.05) is 68.3 Å². The average Bonchev–Trinajstić information content (AvgIpc) is 3.37. The lowest BCUT2D eigenvalue weighted by atomic mass is 9.87. The van der Waals surface area contributed by atoms with Crippen LogP contribution in [0.25, 0.3) is 5.69 Å². The number of benzene rings is 3. The molecule has 37 heavy (non-hydrogen) atoms. The van der Waals surface area contributed by atoms with Crippen molar-refractivity contribution >= 4 is 11.6 Å². The van der Waals surface area contributed by atoms with Gasteiger partial charge in [-0.05, 0) is 47.9 Å². The molecule has 0 fully saturated rings. The number of aromatic nitrogens is 2. The number of hydrogen-bond donors (Lipinski definition) is 1. The van der Waals surface area contributed by atoms with Crippen LogP contribution in [0.4, 0.5) is 18.9 Å². The van der Waals surface area contributed by atoms with E-state index in [1.54, 1.807) is 6.07 Å². The second-order valence-electron chi connectivity index (χ2n) is 8.67. The zero-order valence-corrected chi connectivity index (χ0v) is 20.2. The molecule has 1 heterocycles. The van der Waals surface area contributed by atoms with Gasteiger partial charge >= 0.3 is 6.18 Å². The van der Waals surface area contributed by atoms with Crippen LogP contribution in [0.3, 0.4) is 0 Å². The molecule has 0 bridgehead atoms. The van der Waals surface area contributed by atoms with Crippen LogP contribution in [0.2, 0.25) is 0 Å². The number of carbonyl (C=O) groups excluding carboxylic acids is 1. The lowest BCUT2D eigenvalue weighted by Gasteiger charge is -2.19. The molecule has 0 aliphatic rings. The summed E-state index contributed by atoms with van der Waals surface area (Å²) in [5.74, 6) is -0.624. The number of nitrogens with one attached hydrogen (secondary N) is 1. The molecule has 0 saturated heterocycles. The van der Waals surface area contributed by atoms with Gasteiger partial charge in [0.2, 0.25) is 0 Å². The molecule has 1 N–H and O–H groups in total. The Morgan fingerprint density at radius 2 is 1.73 bits per heavy atom. The number of amides is 1. The minimum Gasteiger partial charge on any atom is -0.321 e. The van der Waals surface area contributed by atoms with Gasteiger partial charge in [0.15, 0.2) is 5.69 Å². The van der Waals surface area contributed by atoms with E-state index < -0.39 is 17.8 Å². The Morgan fingerprint density at radius 1 is 1.00 bits per heavy atom. The van der Waals surface area contributed by atoms with Crippen LogP contribution < -0.4 is 5.32 Å². The normalized spacial score (nSPS) is 12.1. The Bertz CT molecular complexity index is 1420. The number of nitriles is 1. The first-order valence-corrected chi connectivity index (χ1v) is 11.9. The van der Waals surface area contributed by atoms with Crippen LogP contribution in [-0.2, 0) is 6.18 Å². The second kappa shape index (κ2) is 11.1. The van der Waals surface area contributed by atoms with E-state index in [9.17, 15) is 23.2 Å². The van der Waals surface area contributed by atoms with E-state index in [0.29, 0.717) is 11.8 Å². The van der Waals surface area contributed by atoms with Crippen molar-refractivity contribution in [1.29, 1.82) is 5.26 Å². The van der Waals surface area contributed by atoms with Crippen molar-refractivity contribution in [3.8, 4) is 11.8 Å². The number of rotatable bonds is 8. The van der Waals surface area contributed by atoms with Crippen LogP contribution in [0.1, 0.15) is 65.0 Å². The van der Waals surface area contributed by atoms with Crippen molar-refractivity contribution in [2.45, 2.75) is 38.3 Å². The number of unbranched alkanes of at least 4 members (excludes halogenated alkanes) is 1. The number of anilines is 1. The van der Waals surface area contributed by atoms with Gasteiger partial charge in [-0.2, -0.15) is 23.5 Å². The van der Waals surface area contributed by atoms with E-state index in [4.69, 9.17) is 0 Å². The molecule has 1 amide bonds. The molecule has 188 valence electrons. The third-order valence-electron chi connectivity index (χ3n) is 6.05. The molecule has 0 aliphatic heterocycles. The van der Waals surface area contributed by atoms with Crippen LogP contribution >= 0.6 is 0 Å². The Balaban J connectivity index is 1.67. The van der Waals surface area contributed by atoms with Crippen molar-refractivity contribution < 1.29 is 18.0 Å². The summed E-state index contributed by atoms with van der Waals surface area (Å²) in [4.78, 5) is 13.2. The van der Waals surface area contributed by atoms with Gasteiger partial charge in [0, 0.05) is 17.7 Å². The highest BCUT2D eigenvalue weighted by atomic mass is 19.4. The van der Waals surface area contributed by atoms with Gasteiger partial charge in [0.25, 0.3) is 5.91 Å². The third-order valence-corrected chi connectivity index (χ3v) is 6.05. The van der Waals surface area contributed by atoms with Crippen molar-refractivity contribution in [2.75, 3.05) is 5.32 Å². The number of carbonyl (C=O) groups is 1. The third kappa shape index (κ3) is 6.07. The average molecular weight is 503 g/mol. The summed E-state index contributed by atoms with van der Waals surface area (Å²) < 4.78 is 41.3. The maximum Gasteiger partial charge on any atom is 0.435 e. The van der Waals surface area contributed by atoms with E-state index >= 15 is 0 Å². The van der Waals surface area contributed by atoms with Gasteiger partial charge in [0.1, 0.15) is 5.69 Å². The molecule has 1 atom stereocenters. The largest absolute Gasteiger partial charge is 0.435 e. The number of alkyl halides is 3. The van der Waals surface area contributed by atoms with E-state index in [0.717, 1.165) is 35.1 Å². The van der Waals surface area contributed by atoms with Gasteiger partial charge in [-0.15, -0.1) is 0 Å². The highest BCUT2D eigenvalue weighted by Gasteiger charge is 2.36. The van der Waals surface area contributed by atoms with Crippen molar-refractivity contribution in [3.63, 3.8) is 0 Å². The van der Waals surface area contributed by atoms with Crippen molar-refractivity contribution in [3.05, 3.63) is 113 Å². The molecular weight excluding hydrogens is 477 g/mol. The van der Waals surface area contributed by atoms with Crippen LogP contribution in [0.15, 0.2) is 84.9 Å². The van der Waals surface area contributed by atoms with Crippen LogP contribution in [0, 0.1) is 11.3 Å². The standard InChI is InChI=1S/C29H25F3N4O/c1-2-3-15-25(21-10-5-4-6-11-21)22-12-8-13-23(17-22)34-28(37)26-18-27(29(30,31)32)35-36(26)24-14-7-9-20(16-24)19-33/h4-14,16-18,25H,2-3,15H2,1H3,(H,34,37). The summed E-state index contributed by atoms with van der Waals surface area (Å²) in [5.41, 5.74) is 1.55. The number of hydrogen-bond acceptors (Lipinski definition) is 3. The summed E-state index contributed by atoms with van der Waals surface area (Å²) in [6.07, 6.45) is -1.75. The first-order chi connectivity index (χ1) is 17.8. The summed E-state index contributed by atoms with van der Waals surface area (Å²) >= 11 is 0. The Labute approximate surface area is 213 Å². The van der Waals surface area contributed by atoms with Gasteiger partial charge < -0.3 is 5.32 Å². The van der Waals surface area contributed by atoms with E-state index in [2.05, 4.69) is 29.5 Å². The summed E-state index contributed by atoms with van der Waals surface area (Å²) in [5, 5.41) is 15.5. The summed E-state index contributed by atoms with van der Waals surface area (Å²) in [6, 6.07) is 26.0. The molecule has 8 heteroatoms. The van der Waals surface area contributed by atoms with Crippen LogP contribution in [-0.4, -0.2) is 15.7 Å². The van der Waals surface area contributed by atoms with E-state index in [-0.39, 0.29) is 22.9 Å². The predicted molar refractivity (Wildman–Crippen MR) is 135 cm³/mol. The van der Waals surface area contributed by atoms with Gasteiger partial charge in [-0.3, -0.25) is 4.79 Å². The molecule has 1 unspecified atom stereocenters. The number of halogens is 3. The molecule has 4 aromatic rings. The molecular formula is C29H25F3N4O. The second-order valence-corrected chi connectivity index (χ2v) is 8.67. The molecule has 3 aromatic carbocycles. The molecule has 0 saturated carbocycles. The van der Waals surface area contributed by atoms with Crippen LogP contribution in [0.5, 0.6) is 0 Å². The quantitative estimate of drug-likeness (QED) is 0.274. The van der Waals surface area contributed by atoms with E-state index in [1.165, 1.54) is 24.3 Å². The minimum absolute atomic E-state index is 0.120. The maximum absolute atomic E-state index is 13.5. The topological polar surface area (TPSA) is 70.7 Å². The fourth-order valence-corrected chi connectivity index (χ4v) is 4.23. The zero-order valence-electron chi connectivity index (χ0n) is 20.2. The molecule has 0 spiro atoms. The van der Waals surface area contributed by atoms with Crippen molar-refractivity contribution in [1.82, 2.24) is 9.78 Å². The van der Waals surface area contributed by atoms with Gasteiger partial charge in [-0.25, -0.2) is 4.68 Å². The molecule has 1 aromatic heterocycles. The maximum atomic E-state index is 13.5. The molecule has 0 aliphatic carbocycles. The minimum atomic E-state index is -4.74. The van der Waals surface area contributed by atoms with E-state index in [1.807, 2.05) is 42.5 Å². The lowest BCUT2D eigenvalue weighted by molar-refractivity contribution is -0.141. The zero-order chi connectivity index (χ0) is 26.4. The lowest BCUT2D eigenvalue weighted by Crippen LogP contribution is -2.17. The smallest absolute Gasteiger partial charge is 0.321 e. The SMILES string of the molecule is CCCCC(c1ccccc1)c1cccc(NC(=O)c2cc(C(F)(F)F)nn2-c2cccc(C#N)c2)c1.